The molecule has 1 unspecified atom stereocenters. The largest absolute Gasteiger partial charge is 0.371 e. The van der Waals surface area contributed by atoms with E-state index in [1.165, 1.54) is 0 Å². The first kappa shape index (κ1) is 11.9. The van der Waals surface area contributed by atoms with Crippen molar-refractivity contribution in [2.75, 3.05) is 13.2 Å². The predicted molar refractivity (Wildman–Crippen MR) is 56.2 cm³/mol. The molecule has 0 amide bonds. The van der Waals surface area contributed by atoms with Crippen LogP contribution in [0.15, 0.2) is 17.2 Å². The fourth-order valence-electron chi connectivity index (χ4n) is 1.11. The summed E-state index contributed by atoms with van der Waals surface area (Å²) < 4.78 is 10.4. The fraction of sp³-hybridized carbons (Fsp3) is 0.600. The van der Waals surface area contributed by atoms with Crippen molar-refractivity contribution in [3.63, 3.8) is 0 Å². The van der Waals surface area contributed by atoms with Crippen LogP contribution in [0.1, 0.15) is 31.7 Å². The van der Waals surface area contributed by atoms with Crippen molar-refractivity contribution < 1.29 is 9.26 Å². The molecule has 5 nitrogen and oxygen atoms in total. The minimum absolute atomic E-state index is 0.119. The van der Waals surface area contributed by atoms with Gasteiger partial charge in [-0.15, -0.1) is 6.58 Å². The van der Waals surface area contributed by atoms with E-state index in [2.05, 4.69) is 22.0 Å². The number of ether oxygens (including phenoxy) is 1. The standard InChI is InChI=1S/C10H17N3O2/c1-4-6-11-7-9-12-10(13-15-9)8(3)14-5-2/h4,8,11H,1,5-7H2,2-3H3. The van der Waals surface area contributed by atoms with E-state index in [0.717, 1.165) is 6.54 Å². The van der Waals surface area contributed by atoms with Crippen molar-refractivity contribution >= 4 is 0 Å². The van der Waals surface area contributed by atoms with E-state index >= 15 is 0 Å². The summed E-state index contributed by atoms with van der Waals surface area (Å²) in [5.41, 5.74) is 0. The Morgan fingerprint density at radius 2 is 2.47 bits per heavy atom. The highest BCUT2D eigenvalue weighted by Crippen LogP contribution is 2.12. The van der Waals surface area contributed by atoms with Crippen LogP contribution in [0.4, 0.5) is 0 Å². The molecule has 0 fully saturated rings. The Morgan fingerprint density at radius 1 is 1.67 bits per heavy atom. The Balaban J connectivity index is 2.44. The normalized spacial score (nSPS) is 12.7. The van der Waals surface area contributed by atoms with Crippen LogP contribution in [0.2, 0.25) is 0 Å². The zero-order chi connectivity index (χ0) is 11.1. The Morgan fingerprint density at radius 3 is 3.13 bits per heavy atom. The molecule has 5 heteroatoms. The van der Waals surface area contributed by atoms with Gasteiger partial charge in [-0.2, -0.15) is 4.98 Å². The molecule has 1 rings (SSSR count). The molecule has 1 aromatic heterocycles. The molecule has 0 aromatic carbocycles. The molecule has 0 spiro atoms. The average molecular weight is 211 g/mol. The summed E-state index contributed by atoms with van der Waals surface area (Å²) >= 11 is 0. The zero-order valence-corrected chi connectivity index (χ0v) is 9.19. The van der Waals surface area contributed by atoms with Gasteiger partial charge < -0.3 is 14.6 Å². The SMILES string of the molecule is C=CCNCc1nc(C(C)OCC)no1. The number of nitrogens with one attached hydrogen (secondary N) is 1. The van der Waals surface area contributed by atoms with Gasteiger partial charge in [-0.3, -0.25) is 0 Å². The number of hydrogen-bond acceptors (Lipinski definition) is 5. The predicted octanol–water partition coefficient (Wildman–Crippen LogP) is 1.44. The smallest absolute Gasteiger partial charge is 0.240 e. The molecule has 1 aromatic rings. The van der Waals surface area contributed by atoms with Crippen LogP contribution in [-0.2, 0) is 11.3 Å². The van der Waals surface area contributed by atoms with Crippen molar-refractivity contribution in [1.29, 1.82) is 0 Å². The van der Waals surface area contributed by atoms with Gasteiger partial charge in [0.05, 0.1) is 6.54 Å². The molecule has 0 aliphatic heterocycles. The summed E-state index contributed by atoms with van der Waals surface area (Å²) in [7, 11) is 0. The van der Waals surface area contributed by atoms with E-state index in [4.69, 9.17) is 9.26 Å². The lowest BCUT2D eigenvalue weighted by Gasteiger charge is -2.04. The third kappa shape index (κ3) is 3.81. The van der Waals surface area contributed by atoms with E-state index in [-0.39, 0.29) is 6.10 Å². The van der Waals surface area contributed by atoms with E-state index in [9.17, 15) is 0 Å². The highest BCUT2D eigenvalue weighted by atomic mass is 16.5. The summed E-state index contributed by atoms with van der Waals surface area (Å²) in [6.45, 7) is 9.35. The lowest BCUT2D eigenvalue weighted by atomic mass is 10.4. The number of rotatable bonds is 7. The highest BCUT2D eigenvalue weighted by Gasteiger charge is 2.12. The third-order valence-electron chi connectivity index (χ3n) is 1.83. The summed E-state index contributed by atoms with van der Waals surface area (Å²) in [5, 5.41) is 6.92. The summed E-state index contributed by atoms with van der Waals surface area (Å²) in [4.78, 5) is 4.20. The first-order valence-corrected chi connectivity index (χ1v) is 5.03. The molecule has 0 aliphatic carbocycles. The lowest BCUT2D eigenvalue weighted by molar-refractivity contribution is 0.0683. The van der Waals surface area contributed by atoms with Gasteiger partial charge in [-0.1, -0.05) is 11.2 Å². The molecule has 84 valence electrons. The average Bonchev–Trinajstić information content (AvgIpc) is 2.67. The Kier molecular flexibility index (Phi) is 5.00. The molecule has 0 bridgehead atoms. The molecule has 0 saturated heterocycles. The Labute approximate surface area is 89.5 Å². The van der Waals surface area contributed by atoms with E-state index in [1.54, 1.807) is 6.08 Å². The second-order valence-corrected chi connectivity index (χ2v) is 3.06. The molecule has 1 heterocycles. The molecular weight excluding hydrogens is 194 g/mol. The monoisotopic (exact) mass is 211 g/mol. The molecular formula is C10H17N3O2. The maximum absolute atomic E-state index is 5.35. The highest BCUT2D eigenvalue weighted by molar-refractivity contribution is 4.89. The third-order valence-corrected chi connectivity index (χ3v) is 1.83. The van der Waals surface area contributed by atoms with Crippen molar-refractivity contribution in [3.05, 3.63) is 24.4 Å². The first-order valence-electron chi connectivity index (χ1n) is 5.03. The van der Waals surface area contributed by atoms with E-state index in [1.807, 2.05) is 13.8 Å². The molecule has 1 N–H and O–H groups in total. The van der Waals surface area contributed by atoms with Crippen molar-refractivity contribution in [3.8, 4) is 0 Å². The van der Waals surface area contributed by atoms with E-state index in [0.29, 0.717) is 24.9 Å². The van der Waals surface area contributed by atoms with Crippen LogP contribution in [0.5, 0.6) is 0 Å². The molecule has 0 aliphatic rings. The first-order chi connectivity index (χ1) is 7.27. The summed E-state index contributed by atoms with van der Waals surface area (Å²) in [6.07, 6.45) is 1.66. The molecule has 15 heavy (non-hydrogen) atoms. The summed E-state index contributed by atoms with van der Waals surface area (Å²) in [6, 6.07) is 0. The number of nitrogens with zero attached hydrogens (tertiary/aromatic N) is 2. The van der Waals surface area contributed by atoms with Crippen LogP contribution in [0.3, 0.4) is 0 Å². The lowest BCUT2D eigenvalue weighted by Crippen LogP contribution is -2.12. The van der Waals surface area contributed by atoms with Crippen molar-refractivity contribution in [2.45, 2.75) is 26.5 Å². The topological polar surface area (TPSA) is 60.2 Å². The second kappa shape index (κ2) is 6.31. The van der Waals surface area contributed by atoms with Gasteiger partial charge >= 0.3 is 0 Å². The van der Waals surface area contributed by atoms with Gasteiger partial charge in [0.1, 0.15) is 6.10 Å². The van der Waals surface area contributed by atoms with Gasteiger partial charge in [0.15, 0.2) is 5.82 Å². The quantitative estimate of drug-likeness (QED) is 0.546. The maximum Gasteiger partial charge on any atom is 0.240 e. The Hall–Kier alpha value is -1.20. The van der Waals surface area contributed by atoms with Crippen molar-refractivity contribution in [2.24, 2.45) is 0 Å². The van der Waals surface area contributed by atoms with E-state index < -0.39 is 0 Å². The van der Waals surface area contributed by atoms with Gasteiger partial charge in [-0.25, -0.2) is 0 Å². The van der Waals surface area contributed by atoms with Crippen LogP contribution >= 0.6 is 0 Å². The second-order valence-electron chi connectivity index (χ2n) is 3.06. The molecule has 0 saturated carbocycles. The maximum atomic E-state index is 5.35. The van der Waals surface area contributed by atoms with Gasteiger partial charge in [0.25, 0.3) is 0 Å². The van der Waals surface area contributed by atoms with Crippen LogP contribution < -0.4 is 5.32 Å². The number of hydrogen-bond donors (Lipinski definition) is 1. The fourth-order valence-corrected chi connectivity index (χ4v) is 1.11. The minimum atomic E-state index is -0.119. The molecule has 0 radical (unpaired) electrons. The summed E-state index contributed by atoms with van der Waals surface area (Å²) in [5.74, 6) is 1.16. The zero-order valence-electron chi connectivity index (χ0n) is 9.19. The Bertz CT molecular complexity index is 299. The van der Waals surface area contributed by atoms with Crippen LogP contribution in [0.25, 0.3) is 0 Å². The minimum Gasteiger partial charge on any atom is -0.371 e. The van der Waals surface area contributed by atoms with Gasteiger partial charge in [0.2, 0.25) is 5.89 Å². The van der Waals surface area contributed by atoms with Crippen LogP contribution in [-0.4, -0.2) is 23.3 Å². The van der Waals surface area contributed by atoms with Gasteiger partial charge in [0, 0.05) is 13.2 Å². The number of aromatic nitrogens is 2. The molecule has 1 atom stereocenters. The van der Waals surface area contributed by atoms with Crippen molar-refractivity contribution in [1.82, 2.24) is 15.5 Å². The van der Waals surface area contributed by atoms with Crippen LogP contribution in [0, 0.1) is 0 Å². The van der Waals surface area contributed by atoms with Gasteiger partial charge in [-0.05, 0) is 13.8 Å².